The maximum atomic E-state index is 14.3. The van der Waals surface area contributed by atoms with E-state index >= 15 is 0 Å². The van der Waals surface area contributed by atoms with Gasteiger partial charge in [-0.1, -0.05) is 156 Å². The quantitative estimate of drug-likeness (QED) is 0.0717. The second-order valence-electron chi connectivity index (χ2n) is 15.1. The molecule has 0 fully saturated rings. The topological polar surface area (TPSA) is 131 Å². The highest BCUT2D eigenvalue weighted by atomic mass is 16.6. The number of amides is 2. The molecule has 0 heterocycles. The number of nitrogens with one attached hydrogen (secondary N) is 2. The van der Waals surface area contributed by atoms with Crippen LogP contribution in [0.4, 0.5) is 0 Å². The molecule has 286 valence electrons. The van der Waals surface area contributed by atoms with E-state index in [-0.39, 0.29) is 32.0 Å². The summed E-state index contributed by atoms with van der Waals surface area (Å²) in [6.07, 6.45) is -0.272. The first kappa shape index (κ1) is 41.5. The Kier molecular flexibility index (Phi) is 15.1. The number of rotatable bonds is 19. The highest BCUT2D eigenvalue weighted by molar-refractivity contribution is 5.96. The average Bonchev–Trinajstić information content (AvgIpc) is 3.18. The first-order valence-corrected chi connectivity index (χ1v) is 18.6. The molecule has 0 saturated heterocycles. The van der Waals surface area contributed by atoms with Crippen LogP contribution in [0.1, 0.15) is 69.7 Å². The molecule has 4 aromatic rings. The van der Waals surface area contributed by atoms with E-state index in [2.05, 4.69) is 10.6 Å². The fraction of sp³-hybridized carbons (Fsp3) is 0.378. The van der Waals surface area contributed by atoms with E-state index in [1.54, 1.807) is 13.8 Å². The Morgan fingerprint density at radius 3 is 1.24 bits per heavy atom. The highest BCUT2D eigenvalue weighted by Gasteiger charge is 2.42. The standard InChI is InChI=1S/C45H54N2O7/c1-6-44(2,3)42(51)46-37(27-32-19-11-7-12-20-32)39(48)38(28-33-21-13-8-14-22-33)47-43(52)45(4,5)29-36(40(49)53-30-34-23-15-9-16-24-34)41(50)54-31-35-25-17-10-18-26-35/h7-26,36-39,48H,6,27-31H2,1-5H3,(H,46,51)(H,47,52). The van der Waals surface area contributed by atoms with Crippen molar-refractivity contribution in [2.45, 2.75) is 91.7 Å². The SMILES string of the molecule is CCC(C)(C)C(=O)NC(Cc1ccccc1)C(O)C(Cc1ccccc1)NC(=O)C(C)(C)CC(C(=O)OCc1ccccc1)C(=O)OCc1ccccc1. The number of hydrogen-bond acceptors (Lipinski definition) is 7. The predicted octanol–water partition coefficient (Wildman–Crippen LogP) is 6.76. The molecule has 2 amide bonds. The summed E-state index contributed by atoms with van der Waals surface area (Å²) in [5, 5.41) is 18.3. The zero-order valence-electron chi connectivity index (χ0n) is 32.0. The van der Waals surface area contributed by atoms with Gasteiger partial charge in [0.1, 0.15) is 13.2 Å². The summed E-state index contributed by atoms with van der Waals surface area (Å²) in [4.78, 5) is 55.0. The Balaban J connectivity index is 1.59. The lowest BCUT2D eigenvalue weighted by Gasteiger charge is -2.36. The lowest BCUT2D eigenvalue weighted by molar-refractivity contribution is -0.165. The van der Waals surface area contributed by atoms with Gasteiger partial charge >= 0.3 is 11.9 Å². The summed E-state index contributed by atoms with van der Waals surface area (Å²) in [5.74, 6) is -3.71. The van der Waals surface area contributed by atoms with Gasteiger partial charge in [0.15, 0.2) is 5.92 Å². The summed E-state index contributed by atoms with van der Waals surface area (Å²) in [6, 6.07) is 35.6. The van der Waals surface area contributed by atoms with Gasteiger partial charge in [0.25, 0.3) is 0 Å². The Bertz CT molecular complexity index is 1720. The van der Waals surface area contributed by atoms with E-state index in [0.29, 0.717) is 12.8 Å². The number of carbonyl (C=O) groups is 4. The largest absolute Gasteiger partial charge is 0.460 e. The highest BCUT2D eigenvalue weighted by Crippen LogP contribution is 2.29. The summed E-state index contributed by atoms with van der Waals surface area (Å²) in [7, 11) is 0. The minimum atomic E-state index is -1.41. The van der Waals surface area contributed by atoms with Crippen molar-refractivity contribution >= 4 is 23.8 Å². The van der Waals surface area contributed by atoms with Crippen molar-refractivity contribution in [1.29, 1.82) is 0 Å². The first-order chi connectivity index (χ1) is 25.8. The number of benzene rings is 4. The molecule has 0 bridgehead atoms. The number of aliphatic hydroxyl groups is 1. The maximum Gasteiger partial charge on any atom is 0.320 e. The average molecular weight is 735 g/mol. The van der Waals surface area contributed by atoms with Gasteiger partial charge < -0.3 is 25.2 Å². The van der Waals surface area contributed by atoms with E-state index in [0.717, 1.165) is 22.3 Å². The van der Waals surface area contributed by atoms with Crippen LogP contribution in [0.15, 0.2) is 121 Å². The molecule has 0 aromatic heterocycles. The second kappa shape index (κ2) is 19.7. The van der Waals surface area contributed by atoms with Crippen molar-refractivity contribution < 1.29 is 33.8 Å². The van der Waals surface area contributed by atoms with Crippen LogP contribution in [0, 0.1) is 16.7 Å². The van der Waals surface area contributed by atoms with Gasteiger partial charge in [-0.25, -0.2) is 0 Å². The summed E-state index contributed by atoms with van der Waals surface area (Å²) >= 11 is 0. The minimum Gasteiger partial charge on any atom is -0.460 e. The second-order valence-corrected chi connectivity index (χ2v) is 15.1. The number of carbonyl (C=O) groups excluding carboxylic acids is 4. The fourth-order valence-electron chi connectivity index (χ4n) is 5.94. The first-order valence-electron chi connectivity index (χ1n) is 18.6. The molecule has 0 aliphatic heterocycles. The molecule has 54 heavy (non-hydrogen) atoms. The van der Waals surface area contributed by atoms with Crippen LogP contribution >= 0.6 is 0 Å². The van der Waals surface area contributed by atoms with Crippen molar-refractivity contribution in [3.63, 3.8) is 0 Å². The molecule has 3 unspecified atom stereocenters. The Morgan fingerprint density at radius 1 is 0.556 bits per heavy atom. The van der Waals surface area contributed by atoms with Gasteiger partial charge in [-0.3, -0.25) is 19.2 Å². The lowest BCUT2D eigenvalue weighted by Crippen LogP contribution is -2.58. The van der Waals surface area contributed by atoms with Gasteiger partial charge in [0.05, 0.1) is 18.2 Å². The van der Waals surface area contributed by atoms with Crippen LogP contribution in [-0.4, -0.2) is 47.0 Å². The van der Waals surface area contributed by atoms with Crippen molar-refractivity contribution in [3.8, 4) is 0 Å². The van der Waals surface area contributed by atoms with Crippen LogP contribution in [0.5, 0.6) is 0 Å². The third-order valence-corrected chi connectivity index (χ3v) is 9.90. The Morgan fingerprint density at radius 2 is 0.889 bits per heavy atom. The molecule has 9 heteroatoms. The molecular weight excluding hydrogens is 681 g/mol. The number of esters is 2. The minimum absolute atomic E-state index is 0.0521. The van der Waals surface area contributed by atoms with Crippen molar-refractivity contribution in [2.24, 2.45) is 16.7 Å². The van der Waals surface area contributed by atoms with Gasteiger partial charge in [0.2, 0.25) is 11.8 Å². The zero-order valence-corrected chi connectivity index (χ0v) is 32.0. The van der Waals surface area contributed by atoms with E-state index in [1.165, 1.54) is 0 Å². The monoisotopic (exact) mass is 734 g/mol. The molecule has 0 aliphatic carbocycles. The third kappa shape index (κ3) is 12.4. The zero-order chi connectivity index (χ0) is 39.1. The molecule has 0 radical (unpaired) electrons. The van der Waals surface area contributed by atoms with E-state index in [9.17, 15) is 24.3 Å². The number of hydrogen-bond donors (Lipinski definition) is 3. The summed E-state index contributed by atoms with van der Waals surface area (Å²) in [6.45, 7) is 8.82. The van der Waals surface area contributed by atoms with Gasteiger partial charge in [-0.2, -0.15) is 0 Å². The summed E-state index contributed by atoms with van der Waals surface area (Å²) in [5.41, 5.74) is 1.28. The van der Waals surface area contributed by atoms with Crippen molar-refractivity contribution in [2.75, 3.05) is 0 Å². The normalized spacial score (nSPS) is 13.3. The van der Waals surface area contributed by atoms with Crippen molar-refractivity contribution in [3.05, 3.63) is 144 Å². The molecular formula is C45H54N2O7. The summed E-state index contributed by atoms with van der Waals surface area (Å²) < 4.78 is 11.2. The van der Waals surface area contributed by atoms with Gasteiger partial charge in [0, 0.05) is 10.8 Å². The fourth-order valence-corrected chi connectivity index (χ4v) is 5.94. The smallest absolute Gasteiger partial charge is 0.320 e. The van der Waals surface area contributed by atoms with Crippen LogP contribution in [0.2, 0.25) is 0 Å². The maximum absolute atomic E-state index is 14.3. The van der Waals surface area contributed by atoms with Gasteiger partial charge in [-0.15, -0.1) is 0 Å². The third-order valence-electron chi connectivity index (χ3n) is 9.90. The van der Waals surface area contributed by atoms with Crippen LogP contribution in [0.25, 0.3) is 0 Å². The Labute approximate surface area is 319 Å². The van der Waals surface area contributed by atoms with E-state index < -0.39 is 52.8 Å². The molecule has 0 spiro atoms. The lowest BCUT2D eigenvalue weighted by atomic mass is 9.81. The molecule has 4 rings (SSSR count). The van der Waals surface area contributed by atoms with Gasteiger partial charge in [-0.05, 0) is 47.9 Å². The predicted molar refractivity (Wildman–Crippen MR) is 209 cm³/mol. The van der Waals surface area contributed by atoms with Crippen LogP contribution < -0.4 is 10.6 Å². The molecule has 4 aromatic carbocycles. The van der Waals surface area contributed by atoms with E-state index in [1.807, 2.05) is 142 Å². The molecule has 9 nitrogen and oxygen atoms in total. The number of aliphatic hydroxyl groups excluding tert-OH is 1. The van der Waals surface area contributed by atoms with E-state index in [4.69, 9.17) is 9.47 Å². The molecule has 0 aliphatic rings. The van der Waals surface area contributed by atoms with Crippen LogP contribution in [-0.2, 0) is 54.7 Å². The molecule has 3 N–H and O–H groups in total. The number of ether oxygens (including phenoxy) is 2. The molecule has 0 saturated carbocycles. The molecule has 3 atom stereocenters. The Hall–Kier alpha value is -5.28. The van der Waals surface area contributed by atoms with Crippen molar-refractivity contribution in [1.82, 2.24) is 10.6 Å². The van der Waals surface area contributed by atoms with Crippen LogP contribution in [0.3, 0.4) is 0 Å².